The molecule has 41 heavy (non-hydrogen) atoms. The van der Waals surface area contributed by atoms with Gasteiger partial charge in [0.25, 0.3) is 5.56 Å². The maximum absolute atomic E-state index is 14.3. The van der Waals surface area contributed by atoms with E-state index in [0.717, 1.165) is 0 Å². The van der Waals surface area contributed by atoms with Crippen LogP contribution in [0.3, 0.4) is 0 Å². The summed E-state index contributed by atoms with van der Waals surface area (Å²) in [5, 5.41) is 9.26. The lowest BCUT2D eigenvalue weighted by molar-refractivity contribution is 0.106. The molecule has 4 rings (SSSR count). The fraction of sp³-hybridized carbons (Fsp3) is 0.421. The zero-order valence-electron chi connectivity index (χ0n) is 21.2. The number of nitrogen functional groups attached to an aromatic ring is 2. The van der Waals surface area contributed by atoms with E-state index in [0.29, 0.717) is 22.6 Å². The van der Waals surface area contributed by atoms with Crippen molar-refractivity contribution in [2.45, 2.75) is 25.4 Å². The van der Waals surface area contributed by atoms with Crippen LogP contribution in [-0.2, 0) is 40.9 Å². The molecule has 4 atom stereocenters. The molecule has 3 aromatic heterocycles. The normalized spacial score (nSPS) is 19.1. The highest BCUT2D eigenvalue weighted by Gasteiger charge is 2.35. The fourth-order valence-corrected chi connectivity index (χ4v) is 5.77. The van der Waals surface area contributed by atoms with Crippen LogP contribution in [0.4, 0.5) is 21.8 Å². The van der Waals surface area contributed by atoms with Crippen LogP contribution in [0.5, 0.6) is 0 Å². The third kappa shape index (κ3) is 8.05. The Morgan fingerprint density at radius 1 is 1.44 bits per heavy atom. The van der Waals surface area contributed by atoms with E-state index in [2.05, 4.69) is 54.8 Å². The predicted octanol–water partition coefficient (Wildman–Crippen LogP) is 2.48. The van der Waals surface area contributed by atoms with E-state index in [9.17, 15) is 14.4 Å². The second-order valence-electron chi connectivity index (χ2n) is 8.06. The molecule has 1 saturated heterocycles. The van der Waals surface area contributed by atoms with Crippen LogP contribution in [0.25, 0.3) is 11.2 Å². The SMILES string of the molecule is COP(S)OCCn1c(COP(S)(=NONc2nc(N)[nH]c(=O)c2N)OC2COCC2F)nc2cc(C#N)cnc21. The molecule has 4 unspecified atom stereocenters. The molecular weight excluding hydrogens is 625 g/mol. The molecule has 0 saturated carbocycles. The van der Waals surface area contributed by atoms with Gasteiger partial charge in [0.2, 0.25) is 13.5 Å². The lowest BCUT2D eigenvalue weighted by Gasteiger charge is -2.22. The third-order valence-electron chi connectivity index (χ3n) is 5.32. The quantitative estimate of drug-likeness (QED) is 0.0887. The number of halogens is 1. The van der Waals surface area contributed by atoms with E-state index < -0.39 is 32.1 Å². The first-order chi connectivity index (χ1) is 19.6. The number of alkyl halides is 1. The van der Waals surface area contributed by atoms with Crippen molar-refractivity contribution in [2.24, 2.45) is 4.91 Å². The van der Waals surface area contributed by atoms with Gasteiger partial charge in [-0.05, 0) is 6.07 Å². The van der Waals surface area contributed by atoms with Gasteiger partial charge in [-0.25, -0.2) is 19.8 Å². The van der Waals surface area contributed by atoms with Gasteiger partial charge >= 0.3 is 6.71 Å². The number of ether oxygens (including phenoxy) is 1. The molecule has 0 bridgehead atoms. The number of aromatic nitrogens is 5. The zero-order chi connectivity index (χ0) is 29.6. The van der Waals surface area contributed by atoms with Gasteiger partial charge in [-0.15, -0.1) is 4.94 Å². The number of hydrogen-bond donors (Lipinski definition) is 6. The number of anilines is 3. The lowest BCUT2D eigenvalue weighted by Crippen LogP contribution is -2.22. The summed E-state index contributed by atoms with van der Waals surface area (Å²) >= 11 is 8.63. The van der Waals surface area contributed by atoms with Crippen molar-refractivity contribution in [2.75, 3.05) is 43.9 Å². The number of nitriles is 1. The number of fused-ring (bicyclic) bond motifs is 1. The van der Waals surface area contributed by atoms with Crippen molar-refractivity contribution in [3.63, 3.8) is 0 Å². The molecule has 0 aromatic carbocycles. The average molecular weight is 651 g/mol. The Hall–Kier alpha value is -2.56. The van der Waals surface area contributed by atoms with Crippen molar-refractivity contribution in [3.05, 3.63) is 34.0 Å². The molecular formula is C19H25FN10O7P2S2. The van der Waals surface area contributed by atoms with Crippen LogP contribution in [0.15, 0.2) is 22.0 Å². The molecule has 0 radical (unpaired) electrons. The van der Waals surface area contributed by atoms with E-state index in [1.807, 2.05) is 6.07 Å². The minimum absolute atomic E-state index is 0.0716. The van der Waals surface area contributed by atoms with Crippen molar-refractivity contribution < 1.29 is 32.2 Å². The standard InChI is InChI=1S/C19H25FN10O7P2S2/c1-32-38(40)34-3-2-30-14(25-12-4-10(5-21)6-24-17(12)30)9-35-39(41,36-13-8-33-7-11(13)20)29-37-28-16-15(22)18(31)27-19(23)26-16/h4,6,11,13,40-41H,2-3,7-9,22H2,1H3,(H4,23,26,27,28,31). The smallest absolute Gasteiger partial charge is 0.300 e. The number of pyridine rings is 1. The van der Waals surface area contributed by atoms with Crippen LogP contribution >= 0.6 is 38.8 Å². The Bertz CT molecular complexity index is 1540. The number of rotatable bonds is 13. The van der Waals surface area contributed by atoms with E-state index in [1.54, 1.807) is 10.6 Å². The summed E-state index contributed by atoms with van der Waals surface area (Å²) in [4.78, 5) is 35.7. The second-order valence-corrected chi connectivity index (χ2v) is 13.3. The Morgan fingerprint density at radius 2 is 2.24 bits per heavy atom. The number of thiol groups is 2. The molecule has 4 heterocycles. The largest absolute Gasteiger partial charge is 0.391 e. The number of hydrogen-bond acceptors (Lipinski definition) is 16. The second kappa shape index (κ2) is 14.1. The lowest BCUT2D eigenvalue weighted by atomic mass is 10.3. The van der Waals surface area contributed by atoms with Gasteiger partial charge in [0.15, 0.2) is 17.6 Å². The number of nitrogens with two attached hydrogens (primary N) is 2. The summed E-state index contributed by atoms with van der Waals surface area (Å²) in [5.74, 6) is -0.126. The maximum atomic E-state index is 14.3. The molecule has 3 aromatic rings. The molecule has 22 heteroatoms. The highest BCUT2D eigenvalue weighted by atomic mass is 32.7. The zero-order valence-corrected chi connectivity index (χ0v) is 24.8. The van der Waals surface area contributed by atoms with Gasteiger partial charge in [0.1, 0.15) is 35.8 Å². The first-order valence-corrected chi connectivity index (χ1v) is 16.6. The summed E-state index contributed by atoms with van der Waals surface area (Å²) < 4.78 is 43.4. The minimum Gasteiger partial charge on any atom is -0.391 e. The minimum atomic E-state index is -3.68. The monoisotopic (exact) mass is 650 g/mol. The molecule has 6 N–H and O–H groups in total. The summed E-state index contributed by atoms with van der Waals surface area (Å²) in [6.45, 7) is -3.73. The van der Waals surface area contributed by atoms with Gasteiger partial charge in [-0.3, -0.25) is 9.78 Å². The van der Waals surface area contributed by atoms with Crippen LogP contribution in [0.1, 0.15) is 11.4 Å². The van der Waals surface area contributed by atoms with E-state index in [1.165, 1.54) is 13.3 Å². The number of nitrogens with one attached hydrogen (secondary N) is 2. The van der Waals surface area contributed by atoms with E-state index >= 15 is 0 Å². The Labute approximate surface area is 243 Å². The predicted molar refractivity (Wildman–Crippen MR) is 153 cm³/mol. The van der Waals surface area contributed by atoms with Gasteiger partial charge in [-0.1, -0.05) is 29.4 Å². The van der Waals surface area contributed by atoms with E-state index in [4.69, 9.17) is 39.2 Å². The molecule has 1 aliphatic heterocycles. The highest BCUT2D eigenvalue weighted by Crippen LogP contribution is 2.59. The fourth-order valence-electron chi connectivity index (χ4n) is 3.42. The molecule has 0 spiro atoms. The van der Waals surface area contributed by atoms with Crippen LogP contribution in [-0.4, -0.2) is 63.7 Å². The molecule has 17 nitrogen and oxygen atoms in total. The summed E-state index contributed by atoms with van der Waals surface area (Å²) in [6, 6.07) is 3.58. The molecule has 1 fully saturated rings. The van der Waals surface area contributed by atoms with Crippen LogP contribution in [0, 0.1) is 11.3 Å². The maximum Gasteiger partial charge on any atom is 0.300 e. The van der Waals surface area contributed by atoms with Crippen LogP contribution < -0.4 is 22.5 Å². The first-order valence-electron chi connectivity index (χ1n) is 11.5. The number of aromatic amines is 1. The van der Waals surface area contributed by atoms with Gasteiger partial charge in [-0.2, -0.15) is 10.2 Å². The topological polar surface area (TPSA) is 232 Å². The molecule has 222 valence electrons. The molecule has 0 amide bonds. The van der Waals surface area contributed by atoms with Gasteiger partial charge < -0.3 is 38.9 Å². The highest BCUT2D eigenvalue weighted by molar-refractivity contribution is 8.45. The Balaban J connectivity index is 1.59. The third-order valence-corrected chi connectivity index (χ3v) is 9.02. The molecule has 0 aliphatic carbocycles. The Morgan fingerprint density at radius 3 is 2.95 bits per heavy atom. The van der Waals surface area contributed by atoms with Crippen LogP contribution in [0.2, 0.25) is 0 Å². The number of H-pyrrole nitrogens is 1. The van der Waals surface area contributed by atoms with Crippen molar-refractivity contribution in [1.82, 2.24) is 24.5 Å². The van der Waals surface area contributed by atoms with Gasteiger partial charge in [0, 0.05) is 19.9 Å². The van der Waals surface area contributed by atoms with Gasteiger partial charge in [0.05, 0.1) is 25.4 Å². The van der Waals surface area contributed by atoms with E-state index in [-0.39, 0.29) is 50.4 Å². The number of imidazole rings is 1. The van der Waals surface area contributed by atoms with Crippen molar-refractivity contribution in [3.8, 4) is 6.07 Å². The van der Waals surface area contributed by atoms with Crippen molar-refractivity contribution >= 4 is 67.4 Å². The average Bonchev–Trinajstić information content (AvgIpc) is 3.51. The Kier molecular flexibility index (Phi) is 10.8. The van der Waals surface area contributed by atoms with Crippen molar-refractivity contribution in [1.29, 1.82) is 5.26 Å². The summed E-state index contributed by atoms with van der Waals surface area (Å²) in [5.41, 5.74) is 13.6. The summed E-state index contributed by atoms with van der Waals surface area (Å²) in [6.07, 6.45) is -1.11. The summed E-state index contributed by atoms with van der Waals surface area (Å²) in [7, 11) is 0.0884. The first kappa shape index (κ1) is 31.4. The number of nitrogens with zero attached hydrogens (tertiary/aromatic N) is 6. The molecule has 1 aliphatic rings.